The molecule has 0 amide bonds. The first-order valence-electron chi connectivity index (χ1n) is 5.73. The van der Waals surface area contributed by atoms with Crippen LogP contribution in [0.3, 0.4) is 0 Å². The molecule has 2 rings (SSSR count). The van der Waals surface area contributed by atoms with Crippen LogP contribution in [0.15, 0.2) is 53.4 Å². The highest BCUT2D eigenvalue weighted by atomic mass is 35.5. The molecule has 0 aliphatic carbocycles. The maximum absolute atomic E-state index is 11.0. The highest BCUT2D eigenvalue weighted by molar-refractivity contribution is 7.89. The van der Waals surface area contributed by atoms with Gasteiger partial charge >= 0.3 is 5.97 Å². The van der Waals surface area contributed by atoms with Gasteiger partial charge in [0, 0.05) is 5.02 Å². The van der Waals surface area contributed by atoms with Crippen LogP contribution in [0, 0.1) is 0 Å². The lowest BCUT2D eigenvalue weighted by molar-refractivity contribution is 0.0697. The SMILES string of the molecule is NNS(=O)(=O)c1ccccc1.O=C(O)c1ccc(Cl)cc1Cl. The third-order valence-corrected chi connectivity index (χ3v) is 4.12. The summed E-state index contributed by atoms with van der Waals surface area (Å²) in [7, 11) is -3.47. The molecule has 0 heterocycles. The Hall–Kier alpha value is -1.64. The van der Waals surface area contributed by atoms with Gasteiger partial charge in [-0.25, -0.2) is 13.2 Å². The third-order valence-electron chi connectivity index (χ3n) is 2.37. The fourth-order valence-electron chi connectivity index (χ4n) is 1.33. The lowest BCUT2D eigenvalue weighted by atomic mass is 10.2. The summed E-state index contributed by atoms with van der Waals surface area (Å²) in [6.07, 6.45) is 0. The van der Waals surface area contributed by atoms with Crippen molar-refractivity contribution in [2.24, 2.45) is 5.84 Å². The van der Waals surface area contributed by atoms with E-state index in [0.717, 1.165) is 0 Å². The molecule has 9 heteroatoms. The molecular weight excluding hydrogens is 351 g/mol. The van der Waals surface area contributed by atoms with E-state index in [9.17, 15) is 13.2 Å². The zero-order chi connectivity index (χ0) is 16.8. The molecule has 0 fully saturated rings. The molecule has 6 nitrogen and oxygen atoms in total. The molecule has 0 atom stereocenters. The molecule has 2 aromatic carbocycles. The molecule has 4 N–H and O–H groups in total. The Bertz CT molecular complexity index is 752. The Labute approximate surface area is 137 Å². The summed E-state index contributed by atoms with van der Waals surface area (Å²) in [4.78, 5) is 12.3. The fraction of sp³-hybridized carbons (Fsp3) is 0. The smallest absolute Gasteiger partial charge is 0.337 e. The van der Waals surface area contributed by atoms with Crippen molar-refractivity contribution in [3.05, 3.63) is 64.1 Å². The van der Waals surface area contributed by atoms with E-state index in [1.54, 1.807) is 23.0 Å². The molecule has 0 spiro atoms. The molecule has 0 radical (unpaired) electrons. The van der Waals surface area contributed by atoms with Crippen LogP contribution in [0.2, 0.25) is 10.0 Å². The summed E-state index contributed by atoms with van der Waals surface area (Å²) in [5, 5.41) is 9.12. The Kier molecular flexibility index (Phi) is 6.79. The molecule has 0 saturated carbocycles. The second-order valence-electron chi connectivity index (χ2n) is 3.86. The van der Waals surface area contributed by atoms with Gasteiger partial charge in [-0.05, 0) is 30.3 Å². The van der Waals surface area contributed by atoms with Crippen molar-refractivity contribution in [1.82, 2.24) is 4.83 Å². The maximum atomic E-state index is 11.0. The molecule has 0 bridgehead atoms. The molecule has 118 valence electrons. The standard InChI is InChI=1S/C7H4Cl2O2.C6H8N2O2S/c8-4-1-2-5(7(10)11)6(9)3-4;7-8-11(9,10)6-4-2-1-3-5-6/h1-3H,(H,10,11);1-5,8H,7H2. The van der Waals surface area contributed by atoms with Gasteiger partial charge in [0.25, 0.3) is 10.0 Å². The van der Waals surface area contributed by atoms with Gasteiger partial charge in [-0.2, -0.15) is 4.83 Å². The molecule has 0 aliphatic rings. The van der Waals surface area contributed by atoms with Crippen molar-refractivity contribution in [2.75, 3.05) is 0 Å². The van der Waals surface area contributed by atoms with E-state index in [-0.39, 0.29) is 15.5 Å². The maximum Gasteiger partial charge on any atom is 0.337 e. The monoisotopic (exact) mass is 362 g/mol. The lowest BCUT2D eigenvalue weighted by Crippen LogP contribution is -2.30. The number of halogens is 2. The van der Waals surface area contributed by atoms with Crippen molar-refractivity contribution >= 4 is 39.2 Å². The predicted octanol–water partition coefficient (Wildman–Crippen LogP) is 2.53. The van der Waals surface area contributed by atoms with Gasteiger partial charge in [-0.15, -0.1) is 0 Å². The topological polar surface area (TPSA) is 109 Å². The van der Waals surface area contributed by atoms with Crippen molar-refractivity contribution in [1.29, 1.82) is 0 Å². The number of sulfonamides is 1. The van der Waals surface area contributed by atoms with E-state index in [2.05, 4.69) is 0 Å². The first-order chi connectivity index (χ1) is 10.3. The highest BCUT2D eigenvalue weighted by Crippen LogP contribution is 2.20. The van der Waals surface area contributed by atoms with Crippen LogP contribution < -0.4 is 10.7 Å². The third kappa shape index (κ3) is 5.28. The van der Waals surface area contributed by atoms with Crippen LogP contribution in [0.5, 0.6) is 0 Å². The van der Waals surface area contributed by atoms with E-state index in [1.807, 2.05) is 0 Å². The molecule has 0 aliphatic heterocycles. The number of carboxylic acids is 1. The minimum absolute atomic E-state index is 0.0658. The normalized spacial score (nSPS) is 10.5. The van der Waals surface area contributed by atoms with Crippen molar-refractivity contribution < 1.29 is 18.3 Å². The summed E-state index contributed by atoms with van der Waals surface area (Å²) < 4.78 is 21.9. The number of hydrogen-bond donors (Lipinski definition) is 3. The summed E-state index contributed by atoms with van der Waals surface area (Å²) in [6.45, 7) is 0. The molecule has 0 saturated heterocycles. The predicted molar refractivity (Wildman–Crippen MR) is 84.4 cm³/mol. The second-order valence-corrected chi connectivity index (χ2v) is 6.42. The van der Waals surface area contributed by atoms with Crippen molar-refractivity contribution in [2.45, 2.75) is 4.90 Å². The quantitative estimate of drug-likeness (QED) is 0.573. The van der Waals surface area contributed by atoms with Crippen LogP contribution >= 0.6 is 23.2 Å². The first kappa shape index (κ1) is 18.4. The molecule has 22 heavy (non-hydrogen) atoms. The van der Waals surface area contributed by atoms with E-state index < -0.39 is 16.0 Å². The number of carbonyl (C=O) groups is 1. The van der Waals surface area contributed by atoms with E-state index in [0.29, 0.717) is 5.02 Å². The fourth-order valence-corrected chi connectivity index (χ4v) is 2.47. The van der Waals surface area contributed by atoms with Gasteiger partial charge < -0.3 is 5.11 Å². The molecular formula is C13H12Cl2N2O4S. The van der Waals surface area contributed by atoms with Gasteiger partial charge in [-0.3, -0.25) is 5.84 Å². The average Bonchev–Trinajstić information content (AvgIpc) is 2.48. The van der Waals surface area contributed by atoms with Gasteiger partial charge in [-0.1, -0.05) is 41.4 Å². The first-order valence-corrected chi connectivity index (χ1v) is 7.97. The van der Waals surface area contributed by atoms with Crippen LogP contribution in [-0.2, 0) is 10.0 Å². The van der Waals surface area contributed by atoms with E-state index in [4.69, 9.17) is 34.2 Å². The Morgan fingerprint density at radius 3 is 2.14 bits per heavy atom. The lowest BCUT2D eigenvalue weighted by Gasteiger charge is -1.99. The Morgan fingerprint density at radius 2 is 1.68 bits per heavy atom. The zero-order valence-electron chi connectivity index (χ0n) is 11.0. The van der Waals surface area contributed by atoms with Crippen molar-refractivity contribution in [3.8, 4) is 0 Å². The molecule has 0 aromatic heterocycles. The number of hydrogen-bond acceptors (Lipinski definition) is 4. The number of benzene rings is 2. The van der Waals surface area contributed by atoms with Crippen LogP contribution in [0.25, 0.3) is 0 Å². The van der Waals surface area contributed by atoms with Crippen LogP contribution in [0.1, 0.15) is 10.4 Å². The summed E-state index contributed by atoms with van der Waals surface area (Å²) in [5.41, 5.74) is 0.0658. The number of aromatic carboxylic acids is 1. The van der Waals surface area contributed by atoms with E-state index in [1.165, 1.54) is 30.3 Å². The van der Waals surface area contributed by atoms with Crippen LogP contribution in [0.4, 0.5) is 0 Å². The van der Waals surface area contributed by atoms with Gasteiger partial charge in [0.15, 0.2) is 0 Å². The number of rotatable bonds is 3. The number of hydrazine groups is 1. The Morgan fingerprint density at radius 1 is 1.09 bits per heavy atom. The van der Waals surface area contributed by atoms with Crippen molar-refractivity contribution in [3.63, 3.8) is 0 Å². The molecule has 2 aromatic rings. The summed E-state index contributed by atoms with van der Waals surface area (Å²) in [6, 6.07) is 12.2. The number of nitrogens with two attached hydrogens (primary N) is 1. The summed E-state index contributed by atoms with van der Waals surface area (Å²) in [5.74, 6) is 3.75. The highest BCUT2D eigenvalue weighted by Gasteiger charge is 2.09. The van der Waals surface area contributed by atoms with Gasteiger partial charge in [0.1, 0.15) is 0 Å². The number of nitrogens with one attached hydrogen (secondary N) is 1. The zero-order valence-corrected chi connectivity index (χ0v) is 13.4. The number of carboxylic acid groups (broad SMARTS) is 1. The Balaban J connectivity index is 0.000000220. The summed E-state index contributed by atoms with van der Waals surface area (Å²) >= 11 is 11.1. The van der Waals surface area contributed by atoms with Gasteiger partial charge in [0.05, 0.1) is 15.5 Å². The second kappa shape index (κ2) is 8.11. The average molecular weight is 363 g/mol. The minimum atomic E-state index is -3.47. The largest absolute Gasteiger partial charge is 0.478 e. The van der Waals surface area contributed by atoms with Crippen LogP contribution in [-0.4, -0.2) is 19.5 Å². The minimum Gasteiger partial charge on any atom is -0.478 e. The molecule has 0 unspecified atom stereocenters. The van der Waals surface area contributed by atoms with E-state index >= 15 is 0 Å². The van der Waals surface area contributed by atoms with Gasteiger partial charge in [0.2, 0.25) is 0 Å².